The average molecular weight is 453 g/mol. The number of hydrogen-bond acceptors (Lipinski definition) is 5. The highest BCUT2D eigenvalue weighted by Crippen LogP contribution is 2.26. The van der Waals surface area contributed by atoms with Crippen molar-refractivity contribution in [3.05, 3.63) is 118 Å². The van der Waals surface area contributed by atoms with Crippen molar-refractivity contribution in [3.63, 3.8) is 0 Å². The van der Waals surface area contributed by atoms with Gasteiger partial charge in [-0.3, -0.25) is 0 Å². The number of anilines is 1. The monoisotopic (exact) mass is 452 g/mol. The Hall–Kier alpha value is -4.14. The molecule has 4 rings (SSSR count). The Kier molecular flexibility index (Phi) is 6.99. The van der Waals surface area contributed by atoms with E-state index in [2.05, 4.69) is 16.4 Å². The molecule has 162 valence electrons. The maximum absolute atomic E-state index is 9.51. The van der Waals surface area contributed by atoms with Crippen LogP contribution in [0.25, 0.3) is 0 Å². The lowest BCUT2D eigenvalue weighted by Gasteiger charge is -2.12. The third-order valence-electron chi connectivity index (χ3n) is 4.96. The zero-order valence-corrected chi connectivity index (χ0v) is 18.8. The van der Waals surface area contributed by atoms with Gasteiger partial charge in [-0.05, 0) is 12.1 Å². The van der Waals surface area contributed by atoms with E-state index >= 15 is 0 Å². The number of ether oxygens (including phenoxy) is 1. The highest BCUT2D eigenvalue weighted by molar-refractivity contribution is 6.30. The van der Waals surface area contributed by atoms with Gasteiger partial charge in [0.2, 0.25) is 0 Å². The Labute approximate surface area is 198 Å². The molecule has 6 heteroatoms. The molecule has 33 heavy (non-hydrogen) atoms. The summed E-state index contributed by atoms with van der Waals surface area (Å²) in [5.74, 6) is 0.912. The molecule has 3 aromatic carbocycles. The van der Waals surface area contributed by atoms with Crippen LogP contribution in [-0.2, 0) is 6.61 Å². The van der Waals surface area contributed by atoms with Gasteiger partial charge in [0.05, 0.1) is 5.71 Å². The van der Waals surface area contributed by atoms with Crippen LogP contribution in [0.4, 0.5) is 11.5 Å². The topological polar surface area (TPSA) is 70.3 Å². The minimum Gasteiger partial charge on any atom is -0.489 e. The van der Waals surface area contributed by atoms with Gasteiger partial charge in [0.1, 0.15) is 24.1 Å². The van der Waals surface area contributed by atoms with Gasteiger partial charge in [-0.25, -0.2) is 9.98 Å². The molecule has 0 radical (unpaired) electrons. The Morgan fingerprint density at radius 3 is 2.24 bits per heavy atom. The zero-order valence-electron chi connectivity index (χ0n) is 18.0. The second-order valence-electron chi connectivity index (χ2n) is 7.19. The van der Waals surface area contributed by atoms with E-state index in [4.69, 9.17) is 21.3 Å². The number of rotatable bonds is 7. The summed E-state index contributed by atoms with van der Waals surface area (Å²) in [7, 11) is 1.83. The molecule has 1 N–H and O–H groups in total. The molecular formula is C27H21ClN4O. The molecule has 0 aliphatic carbocycles. The lowest BCUT2D eigenvalue weighted by atomic mass is 10.0. The van der Waals surface area contributed by atoms with Gasteiger partial charge in [0.25, 0.3) is 0 Å². The molecule has 5 nitrogen and oxygen atoms in total. The van der Waals surface area contributed by atoms with E-state index in [0.29, 0.717) is 23.2 Å². The van der Waals surface area contributed by atoms with Gasteiger partial charge in [-0.1, -0.05) is 78.3 Å². The first-order valence-electron chi connectivity index (χ1n) is 10.4. The zero-order chi connectivity index (χ0) is 23.0. The molecule has 0 spiro atoms. The molecule has 4 aromatic rings. The quantitative estimate of drug-likeness (QED) is 0.329. The van der Waals surface area contributed by atoms with Crippen LogP contribution >= 0.6 is 11.6 Å². The lowest BCUT2D eigenvalue weighted by molar-refractivity contribution is 0.306. The predicted molar refractivity (Wildman–Crippen MR) is 132 cm³/mol. The van der Waals surface area contributed by atoms with E-state index in [1.165, 1.54) is 0 Å². The van der Waals surface area contributed by atoms with Gasteiger partial charge in [0, 0.05) is 46.6 Å². The summed E-state index contributed by atoms with van der Waals surface area (Å²) in [4.78, 5) is 9.20. The molecule has 0 saturated carbocycles. The molecule has 0 fully saturated rings. The van der Waals surface area contributed by atoms with E-state index in [1.807, 2.05) is 85.9 Å². The molecule has 1 aromatic heterocycles. The number of aromatic nitrogens is 1. The Bertz CT molecular complexity index is 1270. The minimum absolute atomic E-state index is 0.233. The van der Waals surface area contributed by atoms with Crippen LogP contribution in [0.3, 0.4) is 0 Å². The number of hydrogen-bond donors (Lipinski definition) is 1. The van der Waals surface area contributed by atoms with Gasteiger partial charge in [0.15, 0.2) is 5.82 Å². The Balaban J connectivity index is 1.70. The lowest BCUT2D eigenvalue weighted by Crippen LogP contribution is -2.03. The summed E-state index contributed by atoms with van der Waals surface area (Å²) in [6, 6.07) is 30.8. The van der Waals surface area contributed by atoms with Gasteiger partial charge in [-0.2, -0.15) is 5.26 Å². The van der Waals surface area contributed by atoms with E-state index in [1.54, 1.807) is 12.1 Å². The highest BCUT2D eigenvalue weighted by Gasteiger charge is 2.10. The molecule has 0 unspecified atom stereocenters. The molecule has 0 amide bonds. The number of pyridine rings is 1. The van der Waals surface area contributed by atoms with Crippen molar-refractivity contribution in [3.8, 4) is 11.8 Å². The third-order valence-corrected chi connectivity index (χ3v) is 5.19. The van der Waals surface area contributed by atoms with Crippen LogP contribution in [0.1, 0.15) is 22.4 Å². The maximum atomic E-state index is 9.51. The molecule has 1 heterocycles. The first kappa shape index (κ1) is 22.1. The number of halogens is 1. The van der Waals surface area contributed by atoms with Crippen molar-refractivity contribution in [2.45, 2.75) is 6.61 Å². The SMILES string of the molecule is CNc1cc(Cl)ccc1COc1cc(C#N)nc(N=C(c2ccccc2)c2ccccc2)c1. The normalized spacial score (nSPS) is 10.2. The molecule has 0 bridgehead atoms. The fourth-order valence-corrected chi connectivity index (χ4v) is 3.53. The van der Waals surface area contributed by atoms with E-state index in [-0.39, 0.29) is 5.69 Å². The van der Waals surface area contributed by atoms with Crippen molar-refractivity contribution >= 4 is 28.8 Å². The molecular weight excluding hydrogens is 432 g/mol. The van der Waals surface area contributed by atoms with E-state index < -0.39 is 0 Å². The Morgan fingerprint density at radius 2 is 1.64 bits per heavy atom. The first-order chi connectivity index (χ1) is 16.2. The highest BCUT2D eigenvalue weighted by atomic mass is 35.5. The largest absolute Gasteiger partial charge is 0.489 e. The Morgan fingerprint density at radius 1 is 0.970 bits per heavy atom. The maximum Gasteiger partial charge on any atom is 0.157 e. The summed E-state index contributed by atoms with van der Waals surface area (Å²) in [5, 5.41) is 13.3. The van der Waals surface area contributed by atoms with Gasteiger partial charge in [-0.15, -0.1) is 0 Å². The summed E-state index contributed by atoms with van der Waals surface area (Å²) >= 11 is 6.08. The van der Waals surface area contributed by atoms with Crippen LogP contribution in [0, 0.1) is 11.3 Å². The van der Waals surface area contributed by atoms with Gasteiger partial charge >= 0.3 is 0 Å². The van der Waals surface area contributed by atoms with Crippen LogP contribution in [0.2, 0.25) is 5.02 Å². The number of nitrogens with zero attached hydrogens (tertiary/aromatic N) is 3. The second kappa shape index (κ2) is 10.4. The fraction of sp³-hybridized carbons (Fsp3) is 0.0741. The molecule has 0 saturated heterocycles. The minimum atomic E-state index is 0.233. The third kappa shape index (κ3) is 5.57. The van der Waals surface area contributed by atoms with Crippen molar-refractivity contribution in [2.75, 3.05) is 12.4 Å². The predicted octanol–water partition coefficient (Wildman–Crippen LogP) is 6.40. The van der Waals surface area contributed by atoms with Crippen LogP contribution < -0.4 is 10.1 Å². The number of benzene rings is 3. The molecule has 0 aliphatic rings. The average Bonchev–Trinajstić information content (AvgIpc) is 2.87. The van der Waals surface area contributed by atoms with Crippen molar-refractivity contribution in [2.24, 2.45) is 4.99 Å². The summed E-state index contributed by atoms with van der Waals surface area (Å²) in [5.41, 5.74) is 4.73. The van der Waals surface area contributed by atoms with Crippen LogP contribution in [0.5, 0.6) is 5.75 Å². The number of aliphatic imine (C=N–C) groups is 1. The van der Waals surface area contributed by atoms with Crippen molar-refractivity contribution in [1.29, 1.82) is 5.26 Å². The molecule has 0 aliphatic heterocycles. The summed E-state index contributed by atoms with van der Waals surface area (Å²) < 4.78 is 6.01. The van der Waals surface area contributed by atoms with Crippen molar-refractivity contribution < 1.29 is 4.74 Å². The first-order valence-corrected chi connectivity index (χ1v) is 10.7. The number of nitriles is 1. The van der Waals surface area contributed by atoms with E-state index in [9.17, 15) is 5.26 Å². The second-order valence-corrected chi connectivity index (χ2v) is 7.63. The smallest absolute Gasteiger partial charge is 0.157 e. The summed E-state index contributed by atoms with van der Waals surface area (Å²) in [6.07, 6.45) is 0. The fourth-order valence-electron chi connectivity index (χ4n) is 3.36. The number of nitrogens with one attached hydrogen (secondary N) is 1. The van der Waals surface area contributed by atoms with E-state index in [0.717, 1.165) is 28.1 Å². The molecule has 0 atom stereocenters. The summed E-state index contributed by atoms with van der Waals surface area (Å²) in [6.45, 7) is 0.301. The van der Waals surface area contributed by atoms with Crippen LogP contribution in [0.15, 0.2) is 96.0 Å². The van der Waals surface area contributed by atoms with Gasteiger partial charge < -0.3 is 10.1 Å². The van der Waals surface area contributed by atoms with Crippen LogP contribution in [-0.4, -0.2) is 17.7 Å². The standard InChI is InChI=1S/C27H21ClN4O/c1-30-25-14-22(28)13-12-21(25)18-33-24-15-23(17-29)31-26(16-24)32-27(19-8-4-2-5-9-19)20-10-6-3-7-11-20/h2-16,30H,18H2,1H3. The van der Waals surface area contributed by atoms with Crippen molar-refractivity contribution in [1.82, 2.24) is 4.98 Å².